The van der Waals surface area contributed by atoms with Gasteiger partial charge >= 0.3 is 0 Å². The Morgan fingerprint density at radius 1 is 1.07 bits per heavy atom. The maximum Gasteiger partial charge on any atom is 0.223 e. The first-order valence-corrected chi connectivity index (χ1v) is 6.08. The lowest BCUT2D eigenvalue weighted by molar-refractivity contribution is -0.128. The van der Waals surface area contributed by atoms with E-state index < -0.39 is 0 Å². The lowest BCUT2D eigenvalue weighted by Gasteiger charge is -2.32. The minimum absolute atomic E-state index is 0.329. The van der Waals surface area contributed by atoms with Crippen LogP contribution in [0.4, 0.5) is 0 Å². The summed E-state index contributed by atoms with van der Waals surface area (Å²) in [5.41, 5.74) is 0. The van der Waals surface area contributed by atoms with Crippen molar-refractivity contribution in [1.82, 2.24) is 5.32 Å². The van der Waals surface area contributed by atoms with Crippen LogP contribution in [-0.4, -0.2) is 11.9 Å². The second-order valence-corrected chi connectivity index (χ2v) is 5.00. The highest BCUT2D eigenvalue weighted by molar-refractivity contribution is 5.79. The summed E-state index contributed by atoms with van der Waals surface area (Å²) < 4.78 is 0. The molecule has 0 radical (unpaired) electrons. The standard InChI is InChI=1S/C12H21NO/c1-9-5-2-3-8-11(9)13-12(14)10-6-4-7-10/h9-11H,2-8H2,1H3,(H,13,14)/t9-,11+/m0/s1. The third-order valence-electron chi connectivity index (χ3n) is 3.92. The highest BCUT2D eigenvalue weighted by Gasteiger charge is 2.29. The molecular weight excluding hydrogens is 174 g/mol. The van der Waals surface area contributed by atoms with Crippen LogP contribution in [0.3, 0.4) is 0 Å². The van der Waals surface area contributed by atoms with Gasteiger partial charge < -0.3 is 5.32 Å². The topological polar surface area (TPSA) is 29.1 Å². The molecule has 0 saturated heterocycles. The SMILES string of the molecule is C[C@H]1CCCC[C@H]1NC(=O)C1CCC1. The number of nitrogens with one attached hydrogen (secondary N) is 1. The monoisotopic (exact) mass is 195 g/mol. The van der Waals surface area contributed by atoms with Crippen LogP contribution in [0.15, 0.2) is 0 Å². The molecule has 2 fully saturated rings. The molecule has 2 aliphatic carbocycles. The predicted octanol–water partition coefficient (Wildman–Crippen LogP) is 2.48. The molecule has 1 N–H and O–H groups in total. The van der Waals surface area contributed by atoms with E-state index in [-0.39, 0.29) is 0 Å². The molecule has 2 rings (SSSR count). The number of carbonyl (C=O) groups excluding carboxylic acids is 1. The molecule has 2 aliphatic rings. The van der Waals surface area contributed by atoms with Gasteiger partial charge in [0.2, 0.25) is 5.91 Å². The van der Waals surface area contributed by atoms with Gasteiger partial charge in [0.15, 0.2) is 0 Å². The lowest BCUT2D eigenvalue weighted by atomic mass is 9.82. The Morgan fingerprint density at radius 2 is 1.79 bits per heavy atom. The number of carbonyl (C=O) groups is 1. The van der Waals surface area contributed by atoms with Crippen molar-refractivity contribution in [2.75, 3.05) is 0 Å². The maximum atomic E-state index is 11.7. The van der Waals surface area contributed by atoms with Gasteiger partial charge in [0.05, 0.1) is 0 Å². The Hall–Kier alpha value is -0.530. The van der Waals surface area contributed by atoms with Crippen molar-refractivity contribution >= 4 is 5.91 Å². The van der Waals surface area contributed by atoms with Gasteiger partial charge in [0.1, 0.15) is 0 Å². The molecule has 0 aliphatic heterocycles. The second kappa shape index (κ2) is 4.33. The lowest BCUT2D eigenvalue weighted by Crippen LogP contribution is -2.45. The van der Waals surface area contributed by atoms with E-state index >= 15 is 0 Å². The number of amides is 1. The molecule has 1 amide bonds. The number of rotatable bonds is 2. The summed E-state index contributed by atoms with van der Waals surface area (Å²) >= 11 is 0. The molecule has 0 unspecified atom stereocenters. The summed E-state index contributed by atoms with van der Waals surface area (Å²) in [6.07, 6.45) is 8.60. The van der Waals surface area contributed by atoms with E-state index in [4.69, 9.17) is 0 Å². The van der Waals surface area contributed by atoms with Crippen LogP contribution < -0.4 is 5.32 Å². The van der Waals surface area contributed by atoms with Gasteiger partial charge in [-0.1, -0.05) is 26.2 Å². The second-order valence-electron chi connectivity index (χ2n) is 5.00. The van der Waals surface area contributed by atoms with Crippen LogP contribution in [0.1, 0.15) is 51.9 Å². The van der Waals surface area contributed by atoms with Crippen LogP contribution in [0.5, 0.6) is 0 Å². The van der Waals surface area contributed by atoms with Crippen molar-refractivity contribution in [1.29, 1.82) is 0 Å². The van der Waals surface area contributed by atoms with E-state index in [2.05, 4.69) is 12.2 Å². The van der Waals surface area contributed by atoms with Gasteiger partial charge in [-0.15, -0.1) is 0 Å². The fourth-order valence-corrected chi connectivity index (χ4v) is 2.50. The summed E-state index contributed by atoms with van der Waals surface area (Å²) in [5, 5.41) is 3.23. The molecule has 2 heteroatoms. The first-order valence-electron chi connectivity index (χ1n) is 6.08. The zero-order valence-corrected chi connectivity index (χ0v) is 9.09. The Labute approximate surface area is 86.5 Å². The Kier molecular flexibility index (Phi) is 3.09. The highest BCUT2D eigenvalue weighted by atomic mass is 16.2. The van der Waals surface area contributed by atoms with Gasteiger partial charge in [-0.25, -0.2) is 0 Å². The molecule has 80 valence electrons. The van der Waals surface area contributed by atoms with Crippen molar-refractivity contribution in [3.05, 3.63) is 0 Å². The van der Waals surface area contributed by atoms with E-state index in [0.717, 1.165) is 12.8 Å². The van der Waals surface area contributed by atoms with Crippen LogP contribution in [0.2, 0.25) is 0 Å². The average Bonchev–Trinajstić information content (AvgIpc) is 2.05. The van der Waals surface area contributed by atoms with Crippen LogP contribution in [0, 0.1) is 11.8 Å². The van der Waals surface area contributed by atoms with E-state index in [1.54, 1.807) is 0 Å². The molecule has 0 aromatic carbocycles. The summed E-state index contributed by atoms with van der Waals surface area (Å²) in [7, 11) is 0. The third kappa shape index (κ3) is 2.10. The first kappa shape index (κ1) is 10.0. The van der Waals surface area contributed by atoms with Crippen LogP contribution >= 0.6 is 0 Å². The number of hydrogen-bond donors (Lipinski definition) is 1. The molecule has 2 atom stereocenters. The Morgan fingerprint density at radius 3 is 2.36 bits per heavy atom. The van der Waals surface area contributed by atoms with Gasteiger partial charge in [0.25, 0.3) is 0 Å². The largest absolute Gasteiger partial charge is 0.353 e. The molecular formula is C12H21NO. The van der Waals surface area contributed by atoms with Crippen molar-refractivity contribution in [2.24, 2.45) is 11.8 Å². The van der Waals surface area contributed by atoms with E-state index in [1.165, 1.54) is 32.1 Å². The van der Waals surface area contributed by atoms with Crippen molar-refractivity contribution < 1.29 is 4.79 Å². The Balaban J connectivity index is 1.79. The third-order valence-corrected chi connectivity index (χ3v) is 3.92. The molecule has 0 spiro atoms. The van der Waals surface area contributed by atoms with E-state index in [0.29, 0.717) is 23.8 Å². The average molecular weight is 195 g/mol. The normalized spacial score (nSPS) is 33.5. The smallest absolute Gasteiger partial charge is 0.223 e. The molecule has 2 nitrogen and oxygen atoms in total. The zero-order chi connectivity index (χ0) is 9.97. The fraction of sp³-hybridized carbons (Fsp3) is 0.917. The molecule has 14 heavy (non-hydrogen) atoms. The predicted molar refractivity (Wildman–Crippen MR) is 56.9 cm³/mol. The Bertz CT molecular complexity index is 210. The molecule has 0 bridgehead atoms. The maximum absolute atomic E-state index is 11.7. The minimum atomic E-state index is 0.329. The molecule has 0 aromatic rings. The van der Waals surface area contributed by atoms with Gasteiger partial charge in [0, 0.05) is 12.0 Å². The molecule has 0 heterocycles. The first-order chi connectivity index (χ1) is 6.77. The van der Waals surface area contributed by atoms with Crippen molar-refractivity contribution in [3.63, 3.8) is 0 Å². The van der Waals surface area contributed by atoms with Gasteiger partial charge in [-0.05, 0) is 31.6 Å². The van der Waals surface area contributed by atoms with Crippen molar-refractivity contribution in [3.8, 4) is 0 Å². The van der Waals surface area contributed by atoms with E-state index in [9.17, 15) is 4.79 Å². The quantitative estimate of drug-likeness (QED) is 0.720. The zero-order valence-electron chi connectivity index (χ0n) is 9.09. The van der Waals surface area contributed by atoms with E-state index in [1.807, 2.05) is 0 Å². The van der Waals surface area contributed by atoms with Crippen LogP contribution in [-0.2, 0) is 4.79 Å². The van der Waals surface area contributed by atoms with Crippen molar-refractivity contribution in [2.45, 2.75) is 57.9 Å². The highest BCUT2D eigenvalue weighted by Crippen LogP contribution is 2.28. The van der Waals surface area contributed by atoms with Gasteiger partial charge in [-0.2, -0.15) is 0 Å². The summed E-state index contributed by atoms with van der Waals surface area (Å²) in [5.74, 6) is 1.37. The van der Waals surface area contributed by atoms with Gasteiger partial charge in [-0.3, -0.25) is 4.79 Å². The number of hydrogen-bond acceptors (Lipinski definition) is 1. The summed E-state index contributed by atoms with van der Waals surface area (Å²) in [4.78, 5) is 11.7. The fourth-order valence-electron chi connectivity index (χ4n) is 2.50. The molecule has 2 saturated carbocycles. The van der Waals surface area contributed by atoms with Crippen LogP contribution in [0.25, 0.3) is 0 Å². The summed E-state index contributed by atoms with van der Waals surface area (Å²) in [6, 6.07) is 0.469. The minimum Gasteiger partial charge on any atom is -0.353 e. The summed E-state index contributed by atoms with van der Waals surface area (Å²) in [6.45, 7) is 2.27. The molecule has 0 aromatic heterocycles.